The number of piperidine rings is 1. The average molecular weight is 374 g/mol. The normalized spacial score (nSPS) is 21.1. The summed E-state index contributed by atoms with van der Waals surface area (Å²) in [6.45, 7) is 6.51. The Bertz CT molecular complexity index is 700. The minimum Gasteiger partial charge on any atom is -0.390 e. The van der Waals surface area contributed by atoms with Crippen LogP contribution in [0, 0.1) is 5.92 Å². The van der Waals surface area contributed by atoms with Crippen LogP contribution in [-0.4, -0.2) is 46.1 Å². The molecule has 0 radical (unpaired) electrons. The lowest BCUT2D eigenvalue weighted by Gasteiger charge is -2.35. The second kappa shape index (κ2) is 8.75. The van der Waals surface area contributed by atoms with Crippen molar-refractivity contribution in [2.24, 2.45) is 5.92 Å². The Labute approximate surface area is 159 Å². The van der Waals surface area contributed by atoms with Crippen molar-refractivity contribution < 1.29 is 9.90 Å². The molecule has 3 rings (SSSR count). The van der Waals surface area contributed by atoms with Crippen molar-refractivity contribution in [3.63, 3.8) is 0 Å². The van der Waals surface area contributed by atoms with Gasteiger partial charge in [-0.3, -0.25) is 9.69 Å². The van der Waals surface area contributed by atoms with Gasteiger partial charge in [-0.25, -0.2) is 4.98 Å². The first-order chi connectivity index (χ1) is 12.5. The minimum absolute atomic E-state index is 0.113. The van der Waals surface area contributed by atoms with Crippen molar-refractivity contribution in [2.45, 2.75) is 45.4 Å². The molecule has 140 valence electrons. The van der Waals surface area contributed by atoms with Gasteiger partial charge in [0, 0.05) is 30.6 Å². The number of aromatic nitrogens is 1. The molecule has 1 aromatic heterocycles. The summed E-state index contributed by atoms with van der Waals surface area (Å²) in [5.41, 5.74) is 4.75. The van der Waals surface area contributed by atoms with Crippen molar-refractivity contribution in [2.75, 3.05) is 13.1 Å². The average Bonchev–Trinajstić information content (AvgIpc) is 3.10. The second-order valence-corrected chi connectivity index (χ2v) is 8.16. The number of benzene rings is 1. The number of hydrogen-bond donors (Lipinski definition) is 2. The maximum Gasteiger partial charge on any atom is 0.251 e. The molecule has 2 aromatic rings. The molecule has 0 bridgehead atoms. The van der Waals surface area contributed by atoms with E-state index in [4.69, 9.17) is 0 Å². The van der Waals surface area contributed by atoms with E-state index < -0.39 is 6.10 Å². The van der Waals surface area contributed by atoms with E-state index in [1.165, 1.54) is 5.56 Å². The predicted octanol–water partition coefficient (Wildman–Crippen LogP) is 2.71. The highest BCUT2D eigenvalue weighted by Crippen LogP contribution is 2.16. The molecule has 0 unspecified atom stereocenters. The summed E-state index contributed by atoms with van der Waals surface area (Å²) in [7, 11) is 0. The van der Waals surface area contributed by atoms with Gasteiger partial charge >= 0.3 is 0 Å². The highest BCUT2D eigenvalue weighted by Gasteiger charge is 2.29. The van der Waals surface area contributed by atoms with E-state index in [1.54, 1.807) is 11.3 Å². The van der Waals surface area contributed by atoms with E-state index >= 15 is 0 Å². The summed E-state index contributed by atoms with van der Waals surface area (Å²) in [4.78, 5) is 19.0. The third-order valence-electron chi connectivity index (χ3n) is 4.71. The molecule has 1 aliphatic rings. The second-order valence-electron chi connectivity index (χ2n) is 7.45. The molecule has 1 amide bonds. The lowest BCUT2D eigenvalue weighted by atomic mass is 10.00. The number of rotatable bonds is 6. The van der Waals surface area contributed by atoms with Gasteiger partial charge in [-0.2, -0.15) is 0 Å². The van der Waals surface area contributed by atoms with E-state index in [1.807, 2.05) is 35.2 Å². The zero-order valence-electron chi connectivity index (χ0n) is 15.4. The minimum atomic E-state index is -0.563. The number of aliphatic hydroxyl groups is 1. The molecule has 6 heteroatoms. The first kappa shape index (κ1) is 19.0. The molecule has 1 fully saturated rings. The zero-order chi connectivity index (χ0) is 18.5. The maximum atomic E-state index is 12.5. The summed E-state index contributed by atoms with van der Waals surface area (Å²) >= 11 is 1.58. The van der Waals surface area contributed by atoms with Crippen molar-refractivity contribution in [1.82, 2.24) is 15.2 Å². The Balaban J connectivity index is 1.51. The molecule has 0 aliphatic carbocycles. The lowest BCUT2D eigenvalue weighted by Crippen LogP contribution is -2.53. The van der Waals surface area contributed by atoms with Crippen LogP contribution in [0.25, 0.3) is 0 Å². The van der Waals surface area contributed by atoms with Gasteiger partial charge in [-0.05, 0) is 36.5 Å². The Morgan fingerprint density at radius 2 is 2.15 bits per heavy atom. The SMILES string of the molecule is CC(C)Cc1ccc(C(=O)N[C@@H]2CCN(Cc3cscn3)C[C@H]2O)cc1. The Morgan fingerprint density at radius 3 is 2.77 bits per heavy atom. The number of aliphatic hydroxyl groups excluding tert-OH is 1. The van der Waals surface area contributed by atoms with Crippen LogP contribution in [0.3, 0.4) is 0 Å². The summed E-state index contributed by atoms with van der Waals surface area (Å²) in [5, 5.41) is 15.5. The molecule has 26 heavy (non-hydrogen) atoms. The number of carbonyl (C=O) groups is 1. The Morgan fingerprint density at radius 1 is 1.38 bits per heavy atom. The van der Waals surface area contributed by atoms with E-state index in [0.717, 1.165) is 31.6 Å². The van der Waals surface area contributed by atoms with Crippen LogP contribution < -0.4 is 5.32 Å². The number of nitrogens with zero attached hydrogens (tertiary/aromatic N) is 2. The number of hydrogen-bond acceptors (Lipinski definition) is 5. The van der Waals surface area contributed by atoms with Crippen LogP contribution in [0.4, 0.5) is 0 Å². The zero-order valence-corrected chi connectivity index (χ0v) is 16.2. The molecule has 1 aliphatic heterocycles. The highest BCUT2D eigenvalue weighted by molar-refractivity contribution is 7.07. The number of amides is 1. The highest BCUT2D eigenvalue weighted by atomic mass is 32.1. The molecule has 2 atom stereocenters. The molecule has 0 saturated carbocycles. The summed E-state index contributed by atoms with van der Waals surface area (Å²) in [6, 6.07) is 7.57. The van der Waals surface area contributed by atoms with Gasteiger partial charge in [0.25, 0.3) is 5.91 Å². The molecular formula is C20H27N3O2S. The first-order valence-electron chi connectivity index (χ1n) is 9.18. The topological polar surface area (TPSA) is 65.5 Å². The van der Waals surface area contributed by atoms with Gasteiger partial charge in [0.2, 0.25) is 0 Å². The number of carbonyl (C=O) groups excluding carboxylic acids is 1. The maximum absolute atomic E-state index is 12.5. The van der Waals surface area contributed by atoms with Crippen LogP contribution in [-0.2, 0) is 13.0 Å². The number of nitrogens with one attached hydrogen (secondary N) is 1. The Kier molecular flexibility index (Phi) is 6.40. The van der Waals surface area contributed by atoms with E-state index in [2.05, 4.69) is 29.0 Å². The van der Waals surface area contributed by atoms with Gasteiger partial charge in [-0.15, -0.1) is 11.3 Å². The molecule has 2 heterocycles. The van der Waals surface area contributed by atoms with Gasteiger partial charge in [-0.1, -0.05) is 26.0 Å². The van der Waals surface area contributed by atoms with Gasteiger partial charge in [0.15, 0.2) is 0 Å². The third kappa shape index (κ3) is 5.13. The molecule has 0 spiro atoms. The smallest absolute Gasteiger partial charge is 0.251 e. The van der Waals surface area contributed by atoms with Gasteiger partial charge in [0.05, 0.1) is 23.4 Å². The van der Waals surface area contributed by atoms with Crippen LogP contribution >= 0.6 is 11.3 Å². The molecule has 2 N–H and O–H groups in total. The van der Waals surface area contributed by atoms with Crippen LogP contribution in [0.5, 0.6) is 0 Å². The number of thiazole rings is 1. The number of likely N-dealkylation sites (tertiary alicyclic amines) is 1. The van der Waals surface area contributed by atoms with Crippen molar-refractivity contribution in [3.05, 3.63) is 52.0 Å². The molecular weight excluding hydrogens is 346 g/mol. The van der Waals surface area contributed by atoms with E-state index in [9.17, 15) is 9.90 Å². The summed E-state index contributed by atoms with van der Waals surface area (Å²) in [5.74, 6) is 0.484. The fraction of sp³-hybridized carbons (Fsp3) is 0.500. The summed E-state index contributed by atoms with van der Waals surface area (Å²) in [6.07, 6.45) is 1.19. The quantitative estimate of drug-likeness (QED) is 0.817. The first-order valence-corrected chi connectivity index (χ1v) is 10.1. The lowest BCUT2D eigenvalue weighted by molar-refractivity contribution is 0.0346. The third-order valence-corrected chi connectivity index (χ3v) is 5.35. The van der Waals surface area contributed by atoms with Crippen molar-refractivity contribution in [1.29, 1.82) is 0 Å². The van der Waals surface area contributed by atoms with Crippen molar-refractivity contribution >= 4 is 17.2 Å². The summed E-state index contributed by atoms with van der Waals surface area (Å²) < 4.78 is 0. The largest absolute Gasteiger partial charge is 0.390 e. The van der Waals surface area contributed by atoms with Crippen molar-refractivity contribution in [3.8, 4) is 0 Å². The fourth-order valence-corrected chi connectivity index (χ4v) is 3.92. The Hall–Kier alpha value is -1.76. The van der Waals surface area contributed by atoms with E-state index in [0.29, 0.717) is 18.0 Å². The monoisotopic (exact) mass is 373 g/mol. The molecule has 1 saturated heterocycles. The van der Waals surface area contributed by atoms with Crippen LogP contribution in [0.2, 0.25) is 0 Å². The van der Waals surface area contributed by atoms with E-state index in [-0.39, 0.29) is 11.9 Å². The standard InChI is InChI=1S/C20H27N3O2S/c1-14(2)9-15-3-5-16(6-4-15)20(25)22-18-7-8-23(11-19(18)24)10-17-12-26-13-21-17/h3-6,12-14,18-19,24H,7-11H2,1-2H3,(H,22,25)/t18-,19-/m1/s1. The predicted molar refractivity (Wildman–Crippen MR) is 104 cm³/mol. The van der Waals surface area contributed by atoms with Crippen LogP contribution in [0.15, 0.2) is 35.2 Å². The van der Waals surface area contributed by atoms with Crippen LogP contribution in [0.1, 0.15) is 41.9 Å². The fourth-order valence-electron chi connectivity index (χ4n) is 3.37. The number of β-amino-alcohol motifs (C(OH)–C–C–N with tert-alkyl or cyclic N) is 1. The van der Waals surface area contributed by atoms with Gasteiger partial charge in [0.1, 0.15) is 0 Å². The molecule has 1 aromatic carbocycles. The van der Waals surface area contributed by atoms with Gasteiger partial charge < -0.3 is 10.4 Å². The molecule has 5 nitrogen and oxygen atoms in total.